The molecule has 0 heterocycles. The summed E-state index contributed by atoms with van der Waals surface area (Å²) in [6, 6.07) is 6.84. The van der Waals surface area contributed by atoms with E-state index in [0.29, 0.717) is 24.2 Å². The predicted octanol–water partition coefficient (Wildman–Crippen LogP) is 4.00. The standard InChI is InChI=1S/C12H14Cl3NO/c1-3-16(4-2)11(17)9-7-5-6-8-10(9)12(13,14)15/h5-8H,3-4H2,1-2H3. The molecule has 0 fully saturated rings. The molecule has 0 saturated carbocycles. The average Bonchev–Trinajstić information content (AvgIpc) is 2.29. The van der Waals surface area contributed by atoms with Crippen LogP contribution in [0.3, 0.4) is 0 Å². The molecule has 1 aromatic rings. The van der Waals surface area contributed by atoms with Gasteiger partial charge >= 0.3 is 0 Å². The van der Waals surface area contributed by atoms with Crippen LogP contribution in [0.4, 0.5) is 0 Å². The molecule has 0 radical (unpaired) electrons. The Morgan fingerprint density at radius 3 is 2.18 bits per heavy atom. The molecule has 0 aliphatic heterocycles. The van der Waals surface area contributed by atoms with Crippen LogP contribution in [0.15, 0.2) is 24.3 Å². The monoisotopic (exact) mass is 293 g/mol. The molecule has 1 rings (SSSR count). The molecular formula is C12H14Cl3NO. The summed E-state index contributed by atoms with van der Waals surface area (Å²) in [5, 5.41) is 0. The molecule has 0 atom stereocenters. The third-order valence-electron chi connectivity index (χ3n) is 2.51. The van der Waals surface area contributed by atoms with Crippen LogP contribution >= 0.6 is 34.8 Å². The molecule has 0 aromatic heterocycles. The van der Waals surface area contributed by atoms with Crippen molar-refractivity contribution in [2.75, 3.05) is 13.1 Å². The third-order valence-corrected chi connectivity index (χ3v) is 3.12. The minimum atomic E-state index is -1.58. The molecule has 0 spiro atoms. The van der Waals surface area contributed by atoms with Crippen LogP contribution in [0.1, 0.15) is 29.8 Å². The first kappa shape index (κ1) is 14.6. The van der Waals surface area contributed by atoms with Crippen molar-refractivity contribution in [2.45, 2.75) is 17.6 Å². The fraction of sp³-hybridized carbons (Fsp3) is 0.417. The number of rotatable bonds is 3. The number of nitrogens with zero attached hydrogens (tertiary/aromatic N) is 1. The van der Waals surface area contributed by atoms with Crippen LogP contribution in [0.25, 0.3) is 0 Å². The number of hydrogen-bond acceptors (Lipinski definition) is 1. The molecule has 0 saturated heterocycles. The number of halogens is 3. The minimum absolute atomic E-state index is 0.114. The van der Waals surface area contributed by atoms with E-state index >= 15 is 0 Å². The van der Waals surface area contributed by atoms with Crippen molar-refractivity contribution >= 4 is 40.7 Å². The highest BCUT2D eigenvalue weighted by atomic mass is 35.6. The van der Waals surface area contributed by atoms with Crippen molar-refractivity contribution in [1.29, 1.82) is 0 Å². The molecular weight excluding hydrogens is 280 g/mol. The smallest absolute Gasteiger partial charge is 0.254 e. The summed E-state index contributed by atoms with van der Waals surface area (Å²) < 4.78 is -1.58. The highest BCUT2D eigenvalue weighted by Crippen LogP contribution is 2.40. The van der Waals surface area contributed by atoms with Crippen molar-refractivity contribution in [3.05, 3.63) is 35.4 Å². The van der Waals surface area contributed by atoms with Crippen LogP contribution in [-0.2, 0) is 3.79 Å². The van der Waals surface area contributed by atoms with E-state index in [0.717, 1.165) is 0 Å². The number of hydrogen-bond donors (Lipinski definition) is 0. The molecule has 2 nitrogen and oxygen atoms in total. The molecule has 0 aliphatic rings. The lowest BCUT2D eigenvalue weighted by Crippen LogP contribution is -2.31. The second kappa shape index (κ2) is 5.94. The molecule has 1 amide bonds. The van der Waals surface area contributed by atoms with Crippen molar-refractivity contribution in [1.82, 2.24) is 4.90 Å². The molecule has 5 heteroatoms. The maximum absolute atomic E-state index is 12.2. The lowest BCUT2D eigenvalue weighted by molar-refractivity contribution is 0.0772. The van der Waals surface area contributed by atoms with Crippen molar-refractivity contribution in [3.8, 4) is 0 Å². The zero-order chi connectivity index (χ0) is 13.1. The Balaban J connectivity index is 3.18. The Kier molecular flexibility index (Phi) is 5.11. The number of amides is 1. The first-order valence-electron chi connectivity index (χ1n) is 5.37. The first-order chi connectivity index (χ1) is 7.91. The molecule has 17 heavy (non-hydrogen) atoms. The largest absolute Gasteiger partial charge is 0.339 e. The Morgan fingerprint density at radius 2 is 1.71 bits per heavy atom. The number of carbonyl (C=O) groups is 1. The summed E-state index contributed by atoms with van der Waals surface area (Å²) in [6.45, 7) is 5.09. The average molecular weight is 295 g/mol. The van der Waals surface area contributed by atoms with Gasteiger partial charge in [0.25, 0.3) is 5.91 Å². The van der Waals surface area contributed by atoms with Gasteiger partial charge in [-0.15, -0.1) is 0 Å². The summed E-state index contributed by atoms with van der Waals surface area (Å²) in [5.41, 5.74) is 0.859. The minimum Gasteiger partial charge on any atom is -0.339 e. The van der Waals surface area contributed by atoms with Crippen molar-refractivity contribution < 1.29 is 4.79 Å². The van der Waals surface area contributed by atoms with Gasteiger partial charge in [-0.25, -0.2) is 0 Å². The van der Waals surface area contributed by atoms with E-state index in [2.05, 4.69) is 0 Å². The molecule has 94 valence electrons. The van der Waals surface area contributed by atoms with E-state index in [4.69, 9.17) is 34.8 Å². The summed E-state index contributed by atoms with van der Waals surface area (Å²) >= 11 is 17.6. The maximum Gasteiger partial charge on any atom is 0.254 e. The second-order valence-corrected chi connectivity index (χ2v) is 5.80. The SMILES string of the molecule is CCN(CC)C(=O)c1ccccc1C(Cl)(Cl)Cl. The summed E-state index contributed by atoms with van der Waals surface area (Å²) in [7, 11) is 0. The van der Waals surface area contributed by atoms with E-state index in [1.165, 1.54) is 0 Å². The van der Waals surface area contributed by atoms with Gasteiger partial charge in [-0.3, -0.25) is 4.79 Å². The lowest BCUT2D eigenvalue weighted by Gasteiger charge is -2.22. The summed E-state index contributed by atoms with van der Waals surface area (Å²) in [6.07, 6.45) is 0. The van der Waals surface area contributed by atoms with E-state index in [1.807, 2.05) is 13.8 Å². The zero-order valence-corrected chi connectivity index (χ0v) is 12.0. The quantitative estimate of drug-likeness (QED) is 0.772. The van der Waals surface area contributed by atoms with Gasteiger partial charge in [0.05, 0.1) is 0 Å². The van der Waals surface area contributed by atoms with Crippen LogP contribution in [0, 0.1) is 0 Å². The molecule has 1 aromatic carbocycles. The predicted molar refractivity (Wildman–Crippen MR) is 72.9 cm³/mol. The van der Waals surface area contributed by atoms with Gasteiger partial charge in [0, 0.05) is 24.2 Å². The van der Waals surface area contributed by atoms with E-state index < -0.39 is 3.79 Å². The summed E-state index contributed by atoms with van der Waals surface area (Å²) in [5.74, 6) is -0.114. The third kappa shape index (κ3) is 3.51. The van der Waals surface area contributed by atoms with Crippen LogP contribution < -0.4 is 0 Å². The number of benzene rings is 1. The Morgan fingerprint density at radius 1 is 1.18 bits per heavy atom. The maximum atomic E-state index is 12.2. The van der Waals surface area contributed by atoms with E-state index in [9.17, 15) is 4.79 Å². The van der Waals surface area contributed by atoms with E-state index in [-0.39, 0.29) is 5.91 Å². The molecule has 0 aliphatic carbocycles. The Labute approximate surface area is 116 Å². The van der Waals surface area contributed by atoms with Gasteiger partial charge < -0.3 is 4.90 Å². The number of carbonyl (C=O) groups excluding carboxylic acids is 1. The van der Waals surface area contributed by atoms with E-state index in [1.54, 1.807) is 29.2 Å². The van der Waals surface area contributed by atoms with Crippen LogP contribution in [-0.4, -0.2) is 23.9 Å². The highest BCUT2D eigenvalue weighted by molar-refractivity contribution is 6.67. The van der Waals surface area contributed by atoms with Gasteiger partial charge in [-0.1, -0.05) is 53.0 Å². The van der Waals surface area contributed by atoms with Gasteiger partial charge in [0.1, 0.15) is 0 Å². The van der Waals surface area contributed by atoms with Gasteiger partial charge in [0.2, 0.25) is 3.79 Å². The summed E-state index contributed by atoms with van der Waals surface area (Å²) in [4.78, 5) is 13.9. The van der Waals surface area contributed by atoms with Gasteiger partial charge in [-0.2, -0.15) is 0 Å². The fourth-order valence-corrected chi connectivity index (χ4v) is 2.09. The molecule has 0 bridgehead atoms. The first-order valence-corrected chi connectivity index (χ1v) is 6.50. The topological polar surface area (TPSA) is 20.3 Å². The lowest BCUT2D eigenvalue weighted by atomic mass is 10.1. The number of alkyl halides is 3. The van der Waals surface area contributed by atoms with Gasteiger partial charge in [0.15, 0.2) is 0 Å². The fourth-order valence-electron chi connectivity index (χ4n) is 1.60. The Hall–Kier alpha value is -0.440. The normalized spacial score (nSPS) is 11.4. The second-order valence-electron chi connectivity index (χ2n) is 3.52. The zero-order valence-electron chi connectivity index (χ0n) is 9.71. The molecule has 0 N–H and O–H groups in total. The highest BCUT2D eigenvalue weighted by Gasteiger charge is 2.29. The van der Waals surface area contributed by atoms with Crippen molar-refractivity contribution in [3.63, 3.8) is 0 Å². The Bertz CT molecular complexity index is 397. The molecule has 0 unspecified atom stereocenters. The van der Waals surface area contributed by atoms with Crippen LogP contribution in [0.2, 0.25) is 0 Å². The van der Waals surface area contributed by atoms with Gasteiger partial charge in [-0.05, 0) is 19.9 Å². The van der Waals surface area contributed by atoms with Crippen LogP contribution in [0.5, 0.6) is 0 Å². The van der Waals surface area contributed by atoms with Crippen molar-refractivity contribution in [2.24, 2.45) is 0 Å².